The van der Waals surface area contributed by atoms with Crippen LogP contribution in [0.3, 0.4) is 0 Å². The summed E-state index contributed by atoms with van der Waals surface area (Å²) in [7, 11) is 2.00. The number of carboxylic acids is 1. The number of carboxylic acid groups (broad SMARTS) is 1. The van der Waals surface area contributed by atoms with E-state index in [2.05, 4.69) is 18.7 Å². The molecule has 1 amide bonds. The van der Waals surface area contributed by atoms with E-state index in [0.29, 0.717) is 31.5 Å². The van der Waals surface area contributed by atoms with Gasteiger partial charge in [0.15, 0.2) is 0 Å². The Balaban J connectivity index is 2.28. The van der Waals surface area contributed by atoms with E-state index in [9.17, 15) is 14.7 Å². The van der Waals surface area contributed by atoms with Gasteiger partial charge in [0.05, 0.1) is 18.6 Å². The molecule has 1 aromatic carbocycles. The van der Waals surface area contributed by atoms with Crippen LogP contribution in [0.15, 0.2) is 24.3 Å². The highest BCUT2D eigenvalue weighted by Crippen LogP contribution is 2.39. The summed E-state index contributed by atoms with van der Waals surface area (Å²) in [6.45, 7) is 7.85. The van der Waals surface area contributed by atoms with Gasteiger partial charge in [-0.1, -0.05) is 12.1 Å². The zero-order valence-electron chi connectivity index (χ0n) is 15.4. The van der Waals surface area contributed by atoms with Crippen molar-refractivity contribution in [3.63, 3.8) is 0 Å². The van der Waals surface area contributed by atoms with Gasteiger partial charge >= 0.3 is 5.97 Å². The van der Waals surface area contributed by atoms with E-state index in [0.717, 1.165) is 5.56 Å². The minimum atomic E-state index is -0.931. The highest BCUT2D eigenvalue weighted by Gasteiger charge is 2.44. The molecule has 25 heavy (non-hydrogen) atoms. The predicted octanol–water partition coefficient (Wildman–Crippen LogP) is 2.40. The molecular weight excluding hydrogens is 320 g/mol. The fraction of sp³-hybridized carbons (Fsp3) is 0.579. The van der Waals surface area contributed by atoms with Gasteiger partial charge in [-0.3, -0.25) is 9.59 Å². The second kappa shape index (κ2) is 8.34. The summed E-state index contributed by atoms with van der Waals surface area (Å²) in [5.41, 5.74) is 0.816. The molecule has 2 atom stereocenters. The lowest BCUT2D eigenvalue weighted by atomic mass is 9.93. The molecule has 1 aliphatic heterocycles. The van der Waals surface area contributed by atoms with E-state index < -0.39 is 17.9 Å². The first-order valence-corrected chi connectivity index (χ1v) is 8.80. The highest BCUT2D eigenvalue weighted by molar-refractivity contribution is 5.87. The molecule has 0 aliphatic carbocycles. The molecule has 1 aromatic rings. The van der Waals surface area contributed by atoms with Crippen molar-refractivity contribution in [2.45, 2.75) is 39.3 Å². The minimum Gasteiger partial charge on any atom is -0.494 e. The van der Waals surface area contributed by atoms with Crippen LogP contribution in [0.2, 0.25) is 0 Å². The molecule has 138 valence electrons. The summed E-state index contributed by atoms with van der Waals surface area (Å²) in [5, 5.41) is 9.60. The van der Waals surface area contributed by atoms with Gasteiger partial charge in [-0.2, -0.15) is 0 Å². The van der Waals surface area contributed by atoms with E-state index in [1.54, 1.807) is 4.90 Å². The Labute approximate surface area is 149 Å². The van der Waals surface area contributed by atoms with E-state index in [1.165, 1.54) is 0 Å². The zero-order valence-corrected chi connectivity index (χ0v) is 15.4. The number of amides is 1. The molecule has 6 heteroatoms. The molecule has 0 saturated carbocycles. The largest absolute Gasteiger partial charge is 0.494 e. The van der Waals surface area contributed by atoms with Crippen LogP contribution in [0, 0.1) is 5.92 Å². The number of carbonyl (C=O) groups excluding carboxylic acids is 1. The Morgan fingerprint density at radius 1 is 1.44 bits per heavy atom. The third kappa shape index (κ3) is 4.51. The average molecular weight is 348 g/mol. The van der Waals surface area contributed by atoms with Crippen molar-refractivity contribution < 1.29 is 19.4 Å². The van der Waals surface area contributed by atoms with Crippen molar-refractivity contribution in [3.05, 3.63) is 29.8 Å². The first-order chi connectivity index (χ1) is 11.8. The van der Waals surface area contributed by atoms with Crippen molar-refractivity contribution >= 4 is 11.9 Å². The van der Waals surface area contributed by atoms with Gasteiger partial charge in [-0.25, -0.2) is 0 Å². The first-order valence-electron chi connectivity index (χ1n) is 8.80. The molecule has 0 spiro atoms. The van der Waals surface area contributed by atoms with E-state index in [4.69, 9.17) is 4.74 Å². The molecule has 1 heterocycles. The Morgan fingerprint density at radius 2 is 2.16 bits per heavy atom. The Hall–Kier alpha value is -2.08. The van der Waals surface area contributed by atoms with E-state index in [-0.39, 0.29) is 12.3 Å². The third-order valence-corrected chi connectivity index (χ3v) is 4.83. The molecule has 1 fully saturated rings. The quantitative estimate of drug-likeness (QED) is 0.781. The number of likely N-dealkylation sites (N-methyl/N-ethyl adjacent to an activating group) is 1. The molecule has 0 bridgehead atoms. The van der Waals surface area contributed by atoms with Crippen LogP contribution in [-0.2, 0) is 9.59 Å². The minimum absolute atomic E-state index is 0.0459. The van der Waals surface area contributed by atoms with Crippen LogP contribution < -0.4 is 4.74 Å². The smallest absolute Gasteiger partial charge is 0.309 e. The van der Waals surface area contributed by atoms with E-state index in [1.807, 2.05) is 38.2 Å². The van der Waals surface area contributed by atoms with Crippen molar-refractivity contribution in [1.82, 2.24) is 9.80 Å². The summed E-state index contributed by atoms with van der Waals surface area (Å²) < 4.78 is 5.53. The number of ether oxygens (including phenoxy) is 1. The summed E-state index contributed by atoms with van der Waals surface area (Å²) in [4.78, 5) is 28.1. The molecule has 0 radical (unpaired) electrons. The Morgan fingerprint density at radius 3 is 2.76 bits per heavy atom. The van der Waals surface area contributed by atoms with Crippen molar-refractivity contribution in [2.75, 3.05) is 26.7 Å². The van der Waals surface area contributed by atoms with Crippen molar-refractivity contribution in [3.8, 4) is 5.75 Å². The lowest BCUT2D eigenvalue weighted by Crippen LogP contribution is -2.39. The lowest BCUT2D eigenvalue weighted by molar-refractivity contribution is -0.142. The second-order valence-electron chi connectivity index (χ2n) is 6.76. The number of carbonyl (C=O) groups is 2. The first kappa shape index (κ1) is 19.2. The topological polar surface area (TPSA) is 70.1 Å². The molecule has 0 unspecified atom stereocenters. The van der Waals surface area contributed by atoms with Gasteiger partial charge in [0.1, 0.15) is 5.75 Å². The number of hydrogen-bond acceptors (Lipinski definition) is 4. The van der Waals surface area contributed by atoms with Gasteiger partial charge in [-0.15, -0.1) is 0 Å². The number of likely N-dealkylation sites (tertiary alicyclic amines) is 1. The summed E-state index contributed by atoms with van der Waals surface area (Å²) in [6.07, 6.45) is 0.0459. The number of rotatable bonds is 8. The molecule has 1 aliphatic rings. The normalized spacial score (nSPS) is 20.6. The van der Waals surface area contributed by atoms with Gasteiger partial charge in [-0.05, 0) is 45.5 Å². The van der Waals surface area contributed by atoms with Gasteiger partial charge in [0.25, 0.3) is 0 Å². The molecule has 1 N–H and O–H groups in total. The van der Waals surface area contributed by atoms with Crippen LogP contribution in [0.1, 0.15) is 38.8 Å². The monoisotopic (exact) mass is 348 g/mol. The highest BCUT2D eigenvalue weighted by atomic mass is 16.5. The SMILES string of the molecule is CCOc1cccc([C@H]2[C@@H](C(=O)O)CC(=O)N2CCN(C)C(C)C)c1. The maximum atomic E-state index is 12.5. The molecule has 1 saturated heterocycles. The van der Waals surface area contributed by atoms with Gasteiger partial charge in [0, 0.05) is 25.6 Å². The van der Waals surface area contributed by atoms with Crippen LogP contribution >= 0.6 is 0 Å². The third-order valence-electron chi connectivity index (χ3n) is 4.83. The zero-order chi connectivity index (χ0) is 18.6. The lowest BCUT2D eigenvalue weighted by Gasteiger charge is -2.30. The maximum absolute atomic E-state index is 12.5. The number of benzene rings is 1. The average Bonchev–Trinajstić information content (AvgIpc) is 2.90. The van der Waals surface area contributed by atoms with Crippen LogP contribution in [0.5, 0.6) is 5.75 Å². The summed E-state index contributed by atoms with van der Waals surface area (Å²) in [6, 6.07) is 7.33. The van der Waals surface area contributed by atoms with Crippen LogP contribution in [0.25, 0.3) is 0 Å². The molecule has 0 aromatic heterocycles. The summed E-state index contributed by atoms with van der Waals surface area (Å²) in [5.74, 6) is -1.06. The number of hydrogen-bond donors (Lipinski definition) is 1. The fourth-order valence-electron chi connectivity index (χ4n) is 3.17. The van der Waals surface area contributed by atoms with Gasteiger partial charge < -0.3 is 19.6 Å². The Bertz CT molecular complexity index is 617. The fourth-order valence-corrected chi connectivity index (χ4v) is 3.17. The van der Waals surface area contributed by atoms with Crippen LogP contribution in [-0.4, -0.2) is 59.6 Å². The number of nitrogens with zero attached hydrogens (tertiary/aromatic N) is 2. The molecule has 2 rings (SSSR count). The van der Waals surface area contributed by atoms with Crippen LogP contribution in [0.4, 0.5) is 0 Å². The van der Waals surface area contributed by atoms with Crippen molar-refractivity contribution in [1.29, 1.82) is 0 Å². The second-order valence-corrected chi connectivity index (χ2v) is 6.76. The predicted molar refractivity (Wildman–Crippen MR) is 95.6 cm³/mol. The molecule has 6 nitrogen and oxygen atoms in total. The van der Waals surface area contributed by atoms with Crippen molar-refractivity contribution in [2.24, 2.45) is 5.92 Å². The molecular formula is C19H28N2O4. The summed E-state index contributed by atoms with van der Waals surface area (Å²) >= 11 is 0. The number of aliphatic carboxylic acids is 1. The van der Waals surface area contributed by atoms with Gasteiger partial charge in [0.2, 0.25) is 5.91 Å². The van der Waals surface area contributed by atoms with E-state index >= 15 is 0 Å². The maximum Gasteiger partial charge on any atom is 0.309 e. The standard InChI is InChI=1S/C19H28N2O4/c1-5-25-15-8-6-7-14(11-15)18-16(19(23)24)12-17(22)21(18)10-9-20(4)13(2)3/h6-8,11,13,16,18H,5,9-10,12H2,1-4H3,(H,23,24)/t16-,18-/m0/s1. The Kier molecular flexibility index (Phi) is 6.42.